The zero-order chi connectivity index (χ0) is 16.6. The van der Waals surface area contributed by atoms with Crippen molar-refractivity contribution in [3.63, 3.8) is 0 Å². The van der Waals surface area contributed by atoms with E-state index in [0.717, 1.165) is 44.6 Å². The molecule has 0 amide bonds. The highest BCUT2D eigenvalue weighted by Crippen LogP contribution is 2.34. The van der Waals surface area contributed by atoms with E-state index in [0.29, 0.717) is 0 Å². The summed E-state index contributed by atoms with van der Waals surface area (Å²) in [4.78, 5) is 14.7. The largest absolute Gasteiger partial charge is 0.497 e. The third-order valence-electron chi connectivity index (χ3n) is 4.05. The molecule has 0 saturated heterocycles. The fourth-order valence-electron chi connectivity index (χ4n) is 3.13. The first-order valence-corrected chi connectivity index (χ1v) is 7.47. The summed E-state index contributed by atoms with van der Waals surface area (Å²) in [5, 5.41) is 10.3. The quantitative estimate of drug-likeness (QED) is 0.763. The van der Waals surface area contributed by atoms with Gasteiger partial charge in [0.1, 0.15) is 5.75 Å². The topological polar surface area (TPSA) is 62.3 Å². The third kappa shape index (κ3) is 2.80. The molecule has 0 bridgehead atoms. The van der Waals surface area contributed by atoms with Crippen molar-refractivity contribution in [3.05, 3.63) is 53.1 Å². The first kappa shape index (κ1) is 15.2. The second-order valence-electron chi connectivity index (χ2n) is 5.78. The van der Waals surface area contributed by atoms with Gasteiger partial charge in [0.15, 0.2) is 0 Å². The Hall–Kier alpha value is -2.75. The minimum atomic E-state index is -0.833. The number of nitrogens with one attached hydrogen (secondary N) is 1. The van der Waals surface area contributed by atoms with Crippen LogP contribution in [0, 0.1) is 13.8 Å². The van der Waals surface area contributed by atoms with Crippen molar-refractivity contribution in [2.45, 2.75) is 20.3 Å². The molecule has 0 atom stereocenters. The van der Waals surface area contributed by atoms with Gasteiger partial charge >= 0.3 is 5.97 Å². The van der Waals surface area contributed by atoms with Crippen LogP contribution in [-0.4, -0.2) is 23.2 Å². The van der Waals surface area contributed by atoms with Crippen molar-refractivity contribution in [1.29, 1.82) is 0 Å². The number of hydrogen-bond donors (Lipinski definition) is 2. The second kappa shape index (κ2) is 5.80. The van der Waals surface area contributed by atoms with Crippen molar-refractivity contribution in [2.24, 2.45) is 0 Å². The van der Waals surface area contributed by atoms with Crippen molar-refractivity contribution in [3.8, 4) is 17.0 Å². The SMILES string of the molecule is COc1ccc(-c2[nH]c3cc(C)cc(C)c3c2CC(=O)O)cc1. The van der Waals surface area contributed by atoms with E-state index in [1.165, 1.54) is 0 Å². The summed E-state index contributed by atoms with van der Waals surface area (Å²) < 4.78 is 5.19. The summed E-state index contributed by atoms with van der Waals surface area (Å²) in [7, 11) is 1.62. The lowest BCUT2D eigenvalue weighted by Crippen LogP contribution is -2.01. The van der Waals surface area contributed by atoms with Crippen LogP contribution >= 0.6 is 0 Å². The molecule has 0 aliphatic rings. The van der Waals surface area contributed by atoms with Gasteiger partial charge in [-0.2, -0.15) is 0 Å². The third-order valence-corrected chi connectivity index (χ3v) is 4.05. The first-order valence-electron chi connectivity index (χ1n) is 7.47. The maximum Gasteiger partial charge on any atom is 0.307 e. The molecule has 0 aliphatic heterocycles. The number of aromatic nitrogens is 1. The van der Waals surface area contributed by atoms with Crippen molar-refractivity contribution in [2.75, 3.05) is 7.11 Å². The summed E-state index contributed by atoms with van der Waals surface area (Å²) in [6.07, 6.45) is -0.00867. The molecular weight excluding hydrogens is 290 g/mol. The van der Waals surface area contributed by atoms with Crippen LogP contribution in [0.1, 0.15) is 16.7 Å². The van der Waals surface area contributed by atoms with Crippen LogP contribution in [0.5, 0.6) is 5.75 Å². The number of aliphatic carboxylic acids is 1. The molecule has 2 N–H and O–H groups in total. The van der Waals surface area contributed by atoms with Gasteiger partial charge in [-0.05, 0) is 66.4 Å². The minimum Gasteiger partial charge on any atom is -0.497 e. The predicted molar refractivity (Wildman–Crippen MR) is 91.1 cm³/mol. The molecule has 3 aromatic rings. The molecule has 0 saturated carbocycles. The Morgan fingerprint density at radius 2 is 1.87 bits per heavy atom. The fraction of sp³-hybridized carbons (Fsp3) is 0.211. The number of methoxy groups -OCH3 is 1. The molecule has 1 heterocycles. The van der Waals surface area contributed by atoms with Gasteiger partial charge in [0.25, 0.3) is 0 Å². The van der Waals surface area contributed by atoms with Crippen molar-refractivity contribution >= 4 is 16.9 Å². The van der Waals surface area contributed by atoms with Crippen LogP contribution in [0.4, 0.5) is 0 Å². The fourth-order valence-corrected chi connectivity index (χ4v) is 3.13. The van der Waals surface area contributed by atoms with Gasteiger partial charge in [-0.1, -0.05) is 6.07 Å². The molecule has 2 aromatic carbocycles. The van der Waals surface area contributed by atoms with Gasteiger partial charge in [0.2, 0.25) is 0 Å². The molecule has 0 unspecified atom stereocenters. The Morgan fingerprint density at radius 3 is 2.48 bits per heavy atom. The Morgan fingerprint density at radius 1 is 1.17 bits per heavy atom. The summed E-state index contributed by atoms with van der Waals surface area (Å²) in [6, 6.07) is 11.8. The van der Waals surface area contributed by atoms with Crippen molar-refractivity contribution in [1.82, 2.24) is 4.98 Å². The van der Waals surface area contributed by atoms with Gasteiger partial charge in [0.05, 0.1) is 19.2 Å². The summed E-state index contributed by atoms with van der Waals surface area (Å²) in [6.45, 7) is 4.06. The second-order valence-corrected chi connectivity index (χ2v) is 5.78. The maximum atomic E-state index is 11.3. The van der Waals surface area contributed by atoms with Crippen LogP contribution in [0.3, 0.4) is 0 Å². The molecular formula is C19H19NO3. The number of aromatic amines is 1. The molecule has 0 radical (unpaired) electrons. The highest BCUT2D eigenvalue weighted by molar-refractivity contribution is 5.96. The normalized spacial score (nSPS) is 10.9. The van der Waals surface area contributed by atoms with Gasteiger partial charge in [-0.15, -0.1) is 0 Å². The van der Waals surface area contributed by atoms with Gasteiger partial charge in [0, 0.05) is 10.9 Å². The number of carboxylic acids is 1. The summed E-state index contributed by atoms with van der Waals surface area (Å²) in [5.74, 6) is -0.0580. The van der Waals surface area contributed by atoms with Crippen LogP contribution in [0.25, 0.3) is 22.2 Å². The average Bonchev–Trinajstić information content (AvgIpc) is 2.85. The first-order chi connectivity index (χ1) is 11.0. The van der Waals surface area contributed by atoms with Crippen LogP contribution in [0.15, 0.2) is 36.4 Å². The number of benzene rings is 2. The van der Waals surface area contributed by atoms with Gasteiger partial charge in [-0.3, -0.25) is 4.79 Å². The lowest BCUT2D eigenvalue weighted by Gasteiger charge is -2.06. The van der Waals surface area contributed by atoms with Gasteiger partial charge < -0.3 is 14.8 Å². The number of H-pyrrole nitrogens is 1. The van der Waals surface area contributed by atoms with Gasteiger partial charge in [-0.25, -0.2) is 0 Å². The Kier molecular flexibility index (Phi) is 3.82. The molecule has 4 heteroatoms. The zero-order valence-electron chi connectivity index (χ0n) is 13.4. The summed E-state index contributed by atoms with van der Waals surface area (Å²) >= 11 is 0. The number of carboxylic acid groups (broad SMARTS) is 1. The maximum absolute atomic E-state index is 11.3. The van der Waals surface area contributed by atoms with E-state index >= 15 is 0 Å². The molecule has 118 valence electrons. The molecule has 4 nitrogen and oxygen atoms in total. The van der Waals surface area contributed by atoms with E-state index in [2.05, 4.69) is 17.1 Å². The summed E-state index contributed by atoms with van der Waals surface area (Å²) in [5.41, 5.74) is 5.86. The monoisotopic (exact) mass is 309 g/mol. The molecule has 0 aliphatic carbocycles. The van der Waals surface area contributed by atoms with E-state index < -0.39 is 5.97 Å². The van der Waals surface area contributed by atoms with Crippen LogP contribution < -0.4 is 4.74 Å². The van der Waals surface area contributed by atoms with E-state index in [9.17, 15) is 9.90 Å². The molecule has 23 heavy (non-hydrogen) atoms. The number of hydrogen-bond acceptors (Lipinski definition) is 2. The van der Waals surface area contributed by atoms with E-state index in [4.69, 9.17) is 4.74 Å². The smallest absolute Gasteiger partial charge is 0.307 e. The highest BCUT2D eigenvalue weighted by atomic mass is 16.5. The molecule has 0 spiro atoms. The molecule has 3 rings (SSSR count). The zero-order valence-corrected chi connectivity index (χ0v) is 13.4. The van der Waals surface area contributed by atoms with Crippen molar-refractivity contribution < 1.29 is 14.6 Å². The number of aryl methyl sites for hydroxylation is 2. The van der Waals surface area contributed by atoms with E-state index in [1.54, 1.807) is 7.11 Å². The lowest BCUT2D eigenvalue weighted by molar-refractivity contribution is -0.136. The van der Waals surface area contributed by atoms with Crippen LogP contribution in [-0.2, 0) is 11.2 Å². The Bertz CT molecular complexity index is 876. The minimum absolute atomic E-state index is 0.00867. The highest BCUT2D eigenvalue weighted by Gasteiger charge is 2.17. The Balaban J connectivity index is 2.25. The standard InChI is InChI=1S/C19H19NO3/c1-11-8-12(2)18-15(10-17(21)22)19(20-16(18)9-11)13-4-6-14(23-3)7-5-13/h4-9,20H,10H2,1-3H3,(H,21,22). The molecule has 1 aromatic heterocycles. The number of rotatable bonds is 4. The predicted octanol–water partition coefficient (Wildman–Crippen LogP) is 4.09. The lowest BCUT2D eigenvalue weighted by atomic mass is 9.99. The van der Waals surface area contributed by atoms with E-state index in [-0.39, 0.29) is 6.42 Å². The average molecular weight is 309 g/mol. The number of carbonyl (C=O) groups is 1. The molecule has 0 fully saturated rings. The number of fused-ring (bicyclic) bond motifs is 1. The van der Waals surface area contributed by atoms with Crippen LogP contribution in [0.2, 0.25) is 0 Å². The number of ether oxygens (including phenoxy) is 1. The van der Waals surface area contributed by atoms with E-state index in [1.807, 2.05) is 38.1 Å². The Labute approximate surface area is 134 Å².